The van der Waals surface area contributed by atoms with Crippen molar-refractivity contribution in [3.63, 3.8) is 0 Å². The average Bonchev–Trinajstić information content (AvgIpc) is 2.59. The van der Waals surface area contributed by atoms with E-state index in [-0.39, 0.29) is 17.0 Å². The van der Waals surface area contributed by atoms with Crippen LogP contribution in [0.2, 0.25) is 0 Å². The van der Waals surface area contributed by atoms with Crippen molar-refractivity contribution >= 4 is 23.5 Å². The van der Waals surface area contributed by atoms with E-state index >= 15 is 0 Å². The lowest BCUT2D eigenvalue weighted by Gasteiger charge is -2.10. The van der Waals surface area contributed by atoms with Crippen LogP contribution in [-0.4, -0.2) is 32.1 Å². The molecule has 0 aromatic heterocycles. The minimum Gasteiger partial charge on any atom is -0.465 e. The van der Waals surface area contributed by atoms with Crippen molar-refractivity contribution in [2.75, 3.05) is 19.5 Å². The molecule has 0 radical (unpaired) electrons. The Bertz CT molecular complexity index is 787. The van der Waals surface area contributed by atoms with Crippen molar-refractivity contribution in [2.45, 2.75) is 13.8 Å². The Balaban J connectivity index is 2.38. The number of ether oxygens (including phenoxy) is 2. The molecule has 1 amide bonds. The highest BCUT2D eigenvalue weighted by Gasteiger charge is 2.15. The number of carbonyl (C=O) groups is 3. The number of hydrogen-bond donors (Lipinski definition) is 1. The fourth-order valence-electron chi connectivity index (χ4n) is 2.48. The molecule has 1 N–H and O–H groups in total. The molecule has 0 saturated heterocycles. The van der Waals surface area contributed by atoms with E-state index in [9.17, 15) is 14.4 Å². The first-order valence-corrected chi connectivity index (χ1v) is 7.55. The van der Waals surface area contributed by atoms with Crippen LogP contribution < -0.4 is 5.32 Å². The van der Waals surface area contributed by atoms with Crippen molar-refractivity contribution in [3.05, 3.63) is 64.2 Å². The lowest BCUT2D eigenvalue weighted by molar-refractivity contribution is 0.0599. The SMILES string of the molecule is COC(=O)c1cc(NC(=O)c2cc(C)cc(C)c2)cc(C(=O)OC)c1. The summed E-state index contributed by atoms with van der Waals surface area (Å²) in [6.07, 6.45) is 0. The van der Waals surface area contributed by atoms with Crippen molar-refractivity contribution in [1.82, 2.24) is 0 Å². The molecule has 0 aliphatic carbocycles. The topological polar surface area (TPSA) is 81.7 Å². The Kier molecular flexibility index (Phi) is 5.54. The standard InChI is InChI=1S/C19H19NO5/c1-11-5-12(2)7-13(6-11)17(21)20-16-9-14(18(22)24-3)8-15(10-16)19(23)25-4/h5-10H,1-4H3,(H,20,21). The zero-order chi connectivity index (χ0) is 18.6. The first-order chi connectivity index (χ1) is 11.8. The van der Waals surface area contributed by atoms with E-state index < -0.39 is 11.9 Å². The monoisotopic (exact) mass is 341 g/mol. The van der Waals surface area contributed by atoms with Gasteiger partial charge in [-0.1, -0.05) is 17.2 Å². The molecule has 25 heavy (non-hydrogen) atoms. The largest absolute Gasteiger partial charge is 0.465 e. The van der Waals surface area contributed by atoms with Crippen LogP contribution in [0.5, 0.6) is 0 Å². The molecule has 0 aliphatic heterocycles. The zero-order valence-electron chi connectivity index (χ0n) is 14.5. The molecule has 0 aliphatic rings. The summed E-state index contributed by atoms with van der Waals surface area (Å²) in [4.78, 5) is 36.1. The Labute approximate surface area is 145 Å². The molecule has 130 valence electrons. The third-order valence-corrected chi connectivity index (χ3v) is 3.52. The van der Waals surface area contributed by atoms with Crippen molar-refractivity contribution in [3.8, 4) is 0 Å². The van der Waals surface area contributed by atoms with E-state index in [0.29, 0.717) is 11.3 Å². The fourth-order valence-corrected chi connectivity index (χ4v) is 2.48. The molecule has 0 atom stereocenters. The summed E-state index contributed by atoms with van der Waals surface area (Å²) >= 11 is 0. The maximum Gasteiger partial charge on any atom is 0.337 e. The van der Waals surface area contributed by atoms with Crippen molar-refractivity contribution < 1.29 is 23.9 Å². The summed E-state index contributed by atoms with van der Waals surface area (Å²) in [5.41, 5.74) is 2.99. The average molecular weight is 341 g/mol. The molecule has 0 spiro atoms. The van der Waals surface area contributed by atoms with Crippen LogP contribution in [0.3, 0.4) is 0 Å². The molecule has 0 fully saturated rings. The first-order valence-electron chi connectivity index (χ1n) is 7.55. The molecular weight excluding hydrogens is 322 g/mol. The molecule has 2 rings (SSSR count). The predicted molar refractivity (Wildman–Crippen MR) is 93.0 cm³/mol. The first kappa shape index (κ1) is 18.2. The van der Waals surface area contributed by atoms with Gasteiger partial charge in [-0.2, -0.15) is 0 Å². The van der Waals surface area contributed by atoms with Crippen LogP contribution in [0.4, 0.5) is 5.69 Å². The Morgan fingerprint density at radius 1 is 0.720 bits per heavy atom. The van der Waals surface area contributed by atoms with Crippen molar-refractivity contribution in [1.29, 1.82) is 0 Å². The smallest absolute Gasteiger partial charge is 0.337 e. The van der Waals surface area contributed by atoms with Crippen LogP contribution in [0.1, 0.15) is 42.2 Å². The normalized spacial score (nSPS) is 10.1. The van der Waals surface area contributed by atoms with Gasteiger partial charge in [0.2, 0.25) is 0 Å². The summed E-state index contributed by atoms with van der Waals surface area (Å²) < 4.78 is 9.35. The third kappa shape index (κ3) is 4.44. The molecular formula is C19H19NO5. The number of methoxy groups -OCH3 is 2. The Morgan fingerprint density at radius 2 is 1.20 bits per heavy atom. The van der Waals surface area contributed by atoms with Gasteiger partial charge in [-0.15, -0.1) is 0 Å². The number of nitrogens with one attached hydrogen (secondary N) is 1. The maximum atomic E-state index is 12.5. The number of anilines is 1. The van der Waals surface area contributed by atoms with Gasteiger partial charge in [-0.05, 0) is 44.2 Å². The van der Waals surface area contributed by atoms with Crippen molar-refractivity contribution in [2.24, 2.45) is 0 Å². The van der Waals surface area contributed by atoms with E-state index in [0.717, 1.165) is 11.1 Å². The highest BCUT2D eigenvalue weighted by atomic mass is 16.5. The number of amides is 1. The molecule has 6 heteroatoms. The zero-order valence-corrected chi connectivity index (χ0v) is 14.5. The summed E-state index contributed by atoms with van der Waals surface area (Å²) in [7, 11) is 2.47. The molecule has 2 aromatic rings. The highest BCUT2D eigenvalue weighted by Crippen LogP contribution is 2.19. The van der Waals surface area contributed by atoms with Gasteiger partial charge in [0.15, 0.2) is 0 Å². The minimum absolute atomic E-state index is 0.140. The summed E-state index contributed by atoms with van der Waals surface area (Å²) in [5, 5.41) is 2.70. The second-order valence-electron chi connectivity index (χ2n) is 5.61. The van der Waals surface area contributed by atoms with Crippen LogP contribution in [0.25, 0.3) is 0 Å². The van der Waals surface area contributed by atoms with Crippen LogP contribution >= 0.6 is 0 Å². The second kappa shape index (κ2) is 7.61. The number of rotatable bonds is 4. The number of aryl methyl sites for hydroxylation is 2. The van der Waals surface area contributed by atoms with Gasteiger partial charge in [0.1, 0.15) is 0 Å². The van der Waals surface area contributed by atoms with Gasteiger partial charge in [-0.25, -0.2) is 9.59 Å². The fraction of sp³-hybridized carbons (Fsp3) is 0.211. The summed E-state index contributed by atoms with van der Waals surface area (Å²) in [6, 6.07) is 9.72. The lowest BCUT2D eigenvalue weighted by Crippen LogP contribution is -2.14. The van der Waals surface area contributed by atoms with Gasteiger partial charge in [-0.3, -0.25) is 4.79 Å². The quantitative estimate of drug-likeness (QED) is 0.864. The van der Waals surface area contributed by atoms with E-state index in [4.69, 9.17) is 0 Å². The van der Waals surface area contributed by atoms with E-state index in [1.807, 2.05) is 19.9 Å². The molecule has 0 unspecified atom stereocenters. The maximum absolute atomic E-state index is 12.5. The summed E-state index contributed by atoms with van der Waals surface area (Å²) in [5.74, 6) is -1.58. The molecule has 0 bridgehead atoms. The van der Waals surface area contributed by atoms with E-state index in [1.54, 1.807) is 12.1 Å². The number of esters is 2. The third-order valence-electron chi connectivity index (χ3n) is 3.52. The summed E-state index contributed by atoms with van der Waals surface area (Å²) in [6.45, 7) is 3.80. The molecule has 0 heterocycles. The van der Waals surface area contributed by atoms with Gasteiger partial charge in [0.25, 0.3) is 5.91 Å². The number of benzene rings is 2. The Hall–Kier alpha value is -3.15. The predicted octanol–water partition coefficient (Wildman–Crippen LogP) is 3.13. The number of hydrogen-bond acceptors (Lipinski definition) is 5. The lowest BCUT2D eigenvalue weighted by atomic mass is 10.1. The molecule has 2 aromatic carbocycles. The van der Waals surface area contributed by atoms with Gasteiger partial charge >= 0.3 is 11.9 Å². The van der Waals surface area contributed by atoms with E-state index in [1.165, 1.54) is 32.4 Å². The second-order valence-corrected chi connectivity index (χ2v) is 5.61. The number of carbonyl (C=O) groups excluding carboxylic acids is 3. The van der Waals surface area contributed by atoms with Gasteiger partial charge < -0.3 is 14.8 Å². The van der Waals surface area contributed by atoms with Crippen LogP contribution in [0.15, 0.2) is 36.4 Å². The molecule has 6 nitrogen and oxygen atoms in total. The van der Waals surface area contributed by atoms with Gasteiger partial charge in [0.05, 0.1) is 25.3 Å². The van der Waals surface area contributed by atoms with Gasteiger partial charge in [0, 0.05) is 11.3 Å². The minimum atomic E-state index is -0.618. The Morgan fingerprint density at radius 3 is 1.64 bits per heavy atom. The van der Waals surface area contributed by atoms with E-state index in [2.05, 4.69) is 14.8 Å². The van der Waals surface area contributed by atoms with Crippen LogP contribution in [0, 0.1) is 13.8 Å². The molecule has 0 saturated carbocycles. The van der Waals surface area contributed by atoms with Crippen LogP contribution in [-0.2, 0) is 9.47 Å². The highest BCUT2D eigenvalue weighted by molar-refractivity contribution is 6.06.